The number of hydrogen-bond donors (Lipinski definition) is 1. The molecule has 0 aliphatic heterocycles. The fraction of sp³-hybridized carbons (Fsp3) is 0.250. The molecule has 0 fully saturated rings. The van der Waals surface area contributed by atoms with E-state index in [1.807, 2.05) is 43.3 Å². The average Bonchev–Trinajstić information content (AvgIpc) is 2.76. The van der Waals surface area contributed by atoms with Gasteiger partial charge in [-0.1, -0.05) is 57.9 Å². The maximum Gasteiger partial charge on any atom is 0.240 e. The molecule has 0 saturated heterocycles. The molecule has 1 aliphatic carbocycles. The largest absolute Gasteiger partial charge is 0.240 e. The fourth-order valence-electron chi connectivity index (χ4n) is 2.63. The van der Waals surface area contributed by atoms with Crippen LogP contribution in [0.2, 0.25) is 0 Å². The Kier molecular flexibility index (Phi) is 3.90. The standard InChI is InChI=1S/C16H16BrNO2S/c1-11-6-8-13(9-7-11)21(19,20)18-15-10-12-4-2-3-5-14(12)16(15)17/h2-9,15-16,18H,10H2,1H3/t15-,16-/m1/s1. The van der Waals surface area contributed by atoms with Crippen LogP contribution in [0.15, 0.2) is 53.4 Å². The van der Waals surface area contributed by atoms with E-state index in [4.69, 9.17) is 0 Å². The number of aryl methyl sites for hydroxylation is 1. The molecule has 3 rings (SSSR count). The molecule has 2 atom stereocenters. The number of alkyl halides is 1. The van der Waals surface area contributed by atoms with Gasteiger partial charge in [-0.05, 0) is 36.6 Å². The zero-order valence-corrected chi connectivity index (χ0v) is 14.0. The van der Waals surface area contributed by atoms with Gasteiger partial charge in [0.05, 0.1) is 9.72 Å². The second kappa shape index (κ2) is 5.55. The molecule has 1 N–H and O–H groups in total. The number of halogens is 1. The molecule has 5 heteroatoms. The second-order valence-electron chi connectivity index (χ2n) is 5.35. The van der Waals surface area contributed by atoms with E-state index in [2.05, 4.69) is 20.7 Å². The molecule has 2 aromatic rings. The molecular formula is C16H16BrNO2S. The van der Waals surface area contributed by atoms with E-state index in [9.17, 15) is 8.42 Å². The summed E-state index contributed by atoms with van der Waals surface area (Å²) in [5.74, 6) is 0. The van der Waals surface area contributed by atoms with Crippen LogP contribution in [0.5, 0.6) is 0 Å². The summed E-state index contributed by atoms with van der Waals surface area (Å²) in [7, 11) is -3.49. The summed E-state index contributed by atoms with van der Waals surface area (Å²) in [4.78, 5) is 0.317. The van der Waals surface area contributed by atoms with Crippen LogP contribution in [0.25, 0.3) is 0 Å². The van der Waals surface area contributed by atoms with E-state index in [0.717, 1.165) is 11.1 Å². The van der Waals surface area contributed by atoms with Gasteiger partial charge in [-0.25, -0.2) is 13.1 Å². The van der Waals surface area contributed by atoms with Crippen molar-refractivity contribution < 1.29 is 8.42 Å². The molecule has 21 heavy (non-hydrogen) atoms. The van der Waals surface area contributed by atoms with Gasteiger partial charge in [0.1, 0.15) is 0 Å². The molecule has 3 nitrogen and oxygen atoms in total. The van der Waals surface area contributed by atoms with Crippen LogP contribution in [0.3, 0.4) is 0 Å². The summed E-state index contributed by atoms with van der Waals surface area (Å²) >= 11 is 3.61. The molecular weight excluding hydrogens is 350 g/mol. The van der Waals surface area contributed by atoms with Crippen LogP contribution in [-0.2, 0) is 16.4 Å². The first-order valence-corrected chi connectivity index (χ1v) is 9.18. The van der Waals surface area contributed by atoms with Crippen molar-refractivity contribution in [1.82, 2.24) is 4.72 Å². The van der Waals surface area contributed by atoms with Crippen LogP contribution in [-0.4, -0.2) is 14.5 Å². The Morgan fingerprint density at radius 1 is 1.10 bits per heavy atom. The molecule has 110 valence electrons. The average molecular weight is 366 g/mol. The lowest BCUT2D eigenvalue weighted by Gasteiger charge is -2.17. The predicted octanol–water partition coefficient (Wildman–Crippen LogP) is 3.33. The van der Waals surface area contributed by atoms with Crippen LogP contribution >= 0.6 is 15.9 Å². The summed E-state index contributed by atoms with van der Waals surface area (Å²) in [6.07, 6.45) is 0.706. The van der Waals surface area contributed by atoms with E-state index >= 15 is 0 Å². The molecule has 0 heterocycles. The summed E-state index contributed by atoms with van der Waals surface area (Å²) in [6.45, 7) is 1.94. The lowest BCUT2D eigenvalue weighted by atomic mass is 10.1. The lowest BCUT2D eigenvalue weighted by Crippen LogP contribution is -2.36. The highest BCUT2D eigenvalue weighted by Crippen LogP contribution is 2.38. The first kappa shape index (κ1) is 14.8. The van der Waals surface area contributed by atoms with Crippen LogP contribution < -0.4 is 4.72 Å². The minimum atomic E-state index is -3.49. The summed E-state index contributed by atoms with van der Waals surface area (Å²) in [5.41, 5.74) is 3.39. The van der Waals surface area contributed by atoms with E-state index < -0.39 is 10.0 Å². The number of nitrogens with one attached hydrogen (secondary N) is 1. The highest BCUT2D eigenvalue weighted by atomic mass is 79.9. The van der Waals surface area contributed by atoms with Crippen LogP contribution in [0.1, 0.15) is 21.5 Å². The maximum atomic E-state index is 12.5. The Hall–Kier alpha value is -1.17. The minimum Gasteiger partial charge on any atom is -0.207 e. The third-order valence-corrected chi connectivity index (χ3v) is 6.42. The van der Waals surface area contributed by atoms with Gasteiger partial charge in [-0.3, -0.25) is 0 Å². The van der Waals surface area contributed by atoms with Crippen molar-refractivity contribution in [3.8, 4) is 0 Å². The van der Waals surface area contributed by atoms with Gasteiger partial charge in [0.2, 0.25) is 10.0 Å². The van der Waals surface area contributed by atoms with Gasteiger partial charge in [-0.2, -0.15) is 0 Å². The normalized spacial score (nSPS) is 21.2. The van der Waals surface area contributed by atoms with Gasteiger partial charge >= 0.3 is 0 Å². The number of rotatable bonds is 3. The molecule has 0 aromatic heterocycles. The summed E-state index contributed by atoms with van der Waals surface area (Å²) in [6, 6.07) is 14.8. The van der Waals surface area contributed by atoms with Gasteiger partial charge in [0, 0.05) is 6.04 Å². The molecule has 2 aromatic carbocycles. The highest BCUT2D eigenvalue weighted by Gasteiger charge is 2.33. The fourth-order valence-corrected chi connectivity index (χ4v) is 4.82. The number of fused-ring (bicyclic) bond motifs is 1. The van der Waals surface area contributed by atoms with E-state index in [1.165, 1.54) is 5.56 Å². The zero-order chi connectivity index (χ0) is 15.0. The second-order valence-corrected chi connectivity index (χ2v) is 8.05. The topological polar surface area (TPSA) is 46.2 Å². The predicted molar refractivity (Wildman–Crippen MR) is 87.1 cm³/mol. The quantitative estimate of drug-likeness (QED) is 0.847. The van der Waals surface area contributed by atoms with Crippen molar-refractivity contribution in [2.45, 2.75) is 29.1 Å². The minimum absolute atomic E-state index is 0.00826. The van der Waals surface area contributed by atoms with E-state index in [-0.39, 0.29) is 10.9 Å². The zero-order valence-electron chi connectivity index (χ0n) is 11.6. The first-order chi connectivity index (χ1) is 9.97. The summed E-state index contributed by atoms with van der Waals surface area (Å²) < 4.78 is 27.7. The first-order valence-electron chi connectivity index (χ1n) is 6.78. The molecule has 0 amide bonds. The van der Waals surface area contributed by atoms with Crippen LogP contribution in [0, 0.1) is 6.92 Å². The van der Waals surface area contributed by atoms with Gasteiger partial charge in [0.15, 0.2) is 0 Å². The number of hydrogen-bond acceptors (Lipinski definition) is 2. The van der Waals surface area contributed by atoms with Gasteiger partial charge in [0.25, 0.3) is 0 Å². The SMILES string of the molecule is Cc1ccc(S(=O)(=O)N[C@@H]2Cc3ccccc3[C@H]2Br)cc1. The van der Waals surface area contributed by atoms with Crippen molar-refractivity contribution in [2.24, 2.45) is 0 Å². The third kappa shape index (κ3) is 2.91. The molecule has 0 radical (unpaired) electrons. The van der Waals surface area contributed by atoms with Crippen molar-refractivity contribution in [1.29, 1.82) is 0 Å². The molecule has 0 unspecified atom stereocenters. The van der Waals surface area contributed by atoms with E-state index in [0.29, 0.717) is 11.3 Å². The Labute approximate surface area is 133 Å². The van der Waals surface area contributed by atoms with E-state index in [1.54, 1.807) is 12.1 Å². The van der Waals surface area contributed by atoms with Gasteiger partial charge < -0.3 is 0 Å². The molecule has 0 spiro atoms. The van der Waals surface area contributed by atoms with Gasteiger partial charge in [-0.15, -0.1) is 0 Å². The van der Waals surface area contributed by atoms with Crippen molar-refractivity contribution in [3.05, 3.63) is 65.2 Å². The van der Waals surface area contributed by atoms with Crippen LogP contribution in [0.4, 0.5) is 0 Å². The lowest BCUT2D eigenvalue weighted by molar-refractivity contribution is 0.554. The Balaban J connectivity index is 1.83. The van der Waals surface area contributed by atoms with Crippen molar-refractivity contribution in [3.63, 3.8) is 0 Å². The molecule has 0 saturated carbocycles. The smallest absolute Gasteiger partial charge is 0.207 e. The van der Waals surface area contributed by atoms with Crippen molar-refractivity contribution in [2.75, 3.05) is 0 Å². The summed E-state index contributed by atoms with van der Waals surface area (Å²) in [5, 5.41) is 0. The maximum absolute atomic E-state index is 12.5. The molecule has 1 aliphatic rings. The number of benzene rings is 2. The monoisotopic (exact) mass is 365 g/mol. The Bertz CT molecular complexity index is 756. The van der Waals surface area contributed by atoms with Crippen molar-refractivity contribution >= 4 is 26.0 Å². The highest BCUT2D eigenvalue weighted by molar-refractivity contribution is 9.09. The molecule has 0 bridgehead atoms. The Morgan fingerprint density at radius 3 is 2.43 bits per heavy atom. The number of sulfonamides is 1. The Morgan fingerprint density at radius 2 is 1.76 bits per heavy atom. The third-order valence-electron chi connectivity index (χ3n) is 3.78.